The fourth-order valence-electron chi connectivity index (χ4n) is 1.99. The third-order valence-electron chi connectivity index (χ3n) is 2.89. The Labute approximate surface area is 95.5 Å². The molecule has 0 radical (unpaired) electrons. The van der Waals surface area contributed by atoms with Crippen molar-refractivity contribution in [3.05, 3.63) is 18.7 Å². The molecule has 1 N–H and O–H groups in total. The van der Waals surface area contributed by atoms with E-state index < -0.39 is 0 Å². The second kappa shape index (κ2) is 5.12. The highest BCUT2D eigenvalue weighted by Gasteiger charge is 2.21. The number of hydrogen-bond donors (Lipinski definition) is 1. The van der Waals surface area contributed by atoms with E-state index in [4.69, 9.17) is 0 Å². The first kappa shape index (κ1) is 11.1. The van der Waals surface area contributed by atoms with Gasteiger partial charge in [0.2, 0.25) is 5.91 Å². The summed E-state index contributed by atoms with van der Waals surface area (Å²) in [5, 5.41) is 3.24. The largest absolute Gasteiger partial charge is 0.340 e. The van der Waals surface area contributed by atoms with Crippen molar-refractivity contribution in [2.45, 2.75) is 13.5 Å². The first-order valence-electron chi connectivity index (χ1n) is 5.72. The molecule has 2 rings (SSSR count). The Morgan fingerprint density at radius 2 is 2.25 bits per heavy atom. The Balaban J connectivity index is 1.88. The van der Waals surface area contributed by atoms with Crippen LogP contribution >= 0.6 is 0 Å². The molecule has 2 heterocycles. The SMILES string of the molecule is CC(Cn1ccnc1)C(=O)N1CCNCC1. The van der Waals surface area contributed by atoms with Gasteiger partial charge in [-0.15, -0.1) is 0 Å². The molecule has 88 valence electrons. The highest BCUT2D eigenvalue weighted by molar-refractivity contribution is 5.78. The zero-order valence-electron chi connectivity index (χ0n) is 9.59. The molecule has 5 nitrogen and oxygen atoms in total. The summed E-state index contributed by atoms with van der Waals surface area (Å²) in [5.74, 6) is 0.266. The van der Waals surface area contributed by atoms with E-state index in [1.807, 2.05) is 22.6 Å². The zero-order valence-corrected chi connectivity index (χ0v) is 9.59. The Kier molecular flexibility index (Phi) is 3.56. The summed E-state index contributed by atoms with van der Waals surface area (Å²) >= 11 is 0. The van der Waals surface area contributed by atoms with Gasteiger partial charge in [0.05, 0.1) is 12.2 Å². The highest BCUT2D eigenvalue weighted by Crippen LogP contribution is 2.06. The van der Waals surface area contributed by atoms with Crippen molar-refractivity contribution in [2.75, 3.05) is 26.2 Å². The van der Waals surface area contributed by atoms with Gasteiger partial charge in [-0.2, -0.15) is 0 Å². The number of nitrogens with zero attached hydrogens (tertiary/aromatic N) is 3. The van der Waals surface area contributed by atoms with Crippen LogP contribution in [0.25, 0.3) is 0 Å². The maximum atomic E-state index is 12.1. The van der Waals surface area contributed by atoms with Crippen LogP contribution in [0.4, 0.5) is 0 Å². The van der Waals surface area contributed by atoms with E-state index in [0.717, 1.165) is 26.2 Å². The van der Waals surface area contributed by atoms with E-state index in [9.17, 15) is 4.79 Å². The maximum absolute atomic E-state index is 12.1. The normalized spacial score (nSPS) is 18.4. The molecule has 1 aliphatic heterocycles. The molecule has 1 aromatic heterocycles. The fraction of sp³-hybridized carbons (Fsp3) is 0.636. The highest BCUT2D eigenvalue weighted by atomic mass is 16.2. The molecule has 1 aromatic rings. The lowest BCUT2D eigenvalue weighted by molar-refractivity contribution is -0.136. The molecular weight excluding hydrogens is 204 g/mol. The van der Waals surface area contributed by atoms with Crippen LogP contribution in [-0.2, 0) is 11.3 Å². The monoisotopic (exact) mass is 222 g/mol. The maximum Gasteiger partial charge on any atom is 0.227 e. The summed E-state index contributed by atoms with van der Waals surface area (Å²) in [6.07, 6.45) is 5.38. The molecule has 0 bridgehead atoms. The van der Waals surface area contributed by atoms with Gasteiger partial charge >= 0.3 is 0 Å². The lowest BCUT2D eigenvalue weighted by atomic mass is 10.1. The van der Waals surface area contributed by atoms with Crippen LogP contribution in [0.1, 0.15) is 6.92 Å². The molecule has 16 heavy (non-hydrogen) atoms. The third kappa shape index (κ3) is 2.61. The average molecular weight is 222 g/mol. The number of rotatable bonds is 3. The number of amides is 1. The van der Waals surface area contributed by atoms with Gasteiger partial charge in [-0.25, -0.2) is 4.98 Å². The average Bonchev–Trinajstić information content (AvgIpc) is 2.82. The van der Waals surface area contributed by atoms with Crippen LogP contribution in [-0.4, -0.2) is 46.5 Å². The number of nitrogens with one attached hydrogen (secondary N) is 1. The summed E-state index contributed by atoms with van der Waals surface area (Å²) < 4.78 is 1.95. The van der Waals surface area contributed by atoms with E-state index in [2.05, 4.69) is 10.3 Å². The van der Waals surface area contributed by atoms with E-state index in [1.54, 1.807) is 12.5 Å². The van der Waals surface area contributed by atoms with Crippen molar-refractivity contribution >= 4 is 5.91 Å². The van der Waals surface area contributed by atoms with Gasteiger partial charge in [0, 0.05) is 45.1 Å². The third-order valence-corrected chi connectivity index (χ3v) is 2.89. The van der Waals surface area contributed by atoms with Gasteiger partial charge in [0.1, 0.15) is 0 Å². The quantitative estimate of drug-likeness (QED) is 0.780. The number of piperazine rings is 1. The number of carbonyl (C=O) groups excluding carboxylic acids is 1. The molecule has 1 amide bonds. The topological polar surface area (TPSA) is 50.2 Å². The van der Waals surface area contributed by atoms with Crippen molar-refractivity contribution in [2.24, 2.45) is 5.92 Å². The minimum absolute atomic E-state index is 0.0206. The van der Waals surface area contributed by atoms with Gasteiger partial charge in [-0.05, 0) is 0 Å². The minimum atomic E-state index is 0.0206. The number of imidazole rings is 1. The van der Waals surface area contributed by atoms with Gasteiger partial charge < -0.3 is 14.8 Å². The molecule has 0 saturated carbocycles. The molecule has 1 atom stereocenters. The smallest absolute Gasteiger partial charge is 0.227 e. The number of carbonyl (C=O) groups is 1. The lowest BCUT2D eigenvalue weighted by Gasteiger charge is -2.29. The summed E-state index contributed by atoms with van der Waals surface area (Å²) in [6, 6.07) is 0. The second-order valence-electron chi connectivity index (χ2n) is 4.24. The molecular formula is C11H18N4O. The van der Waals surface area contributed by atoms with E-state index in [-0.39, 0.29) is 11.8 Å². The zero-order chi connectivity index (χ0) is 11.4. The van der Waals surface area contributed by atoms with Crippen LogP contribution < -0.4 is 5.32 Å². The van der Waals surface area contributed by atoms with Crippen LogP contribution in [0, 0.1) is 5.92 Å². The first-order chi connectivity index (χ1) is 7.77. The second-order valence-corrected chi connectivity index (χ2v) is 4.24. The molecule has 0 aliphatic carbocycles. The first-order valence-corrected chi connectivity index (χ1v) is 5.72. The molecule has 1 aliphatic rings. The van der Waals surface area contributed by atoms with Crippen LogP contribution in [0.5, 0.6) is 0 Å². The van der Waals surface area contributed by atoms with Gasteiger partial charge in [0.15, 0.2) is 0 Å². The lowest BCUT2D eigenvalue weighted by Crippen LogP contribution is -2.48. The summed E-state index contributed by atoms with van der Waals surface area (Å²) in [7, 11) is 0. The summed E-state index contributed by atoms with van der Waals surface area (Å²) in [5.41, 5.74) is 0. The van der Waals surface area contributed by atoms with E-state index in [1.165, 1.54) is 0 Å². The van der Waals surface area contributed by atoms with Crippen molar-refractivity contribution in [1.82, 2.24) is 19.8 Å². The van der Waals surface area contributed by atoms with Crippen LogP contribution in [0.15, 0.2) is 18.7 Å². The minimum Gasteiger partial charge on any atom is -0.340 e. The van der Waals surface area contributed by atoms with Crippen molar-refractivity contribution in [3.8, 4) is 0 Å². The summed E-state index contributed by atoms with van der Waals surface area (Å²) in [6.45, 7) is 6.15. The number of aromatic nitrogens is 2. The van der Waals surface area contributed by atoms with Gasteiger partial charge in [-0.1, -0.05) is 6.92 Å². The fourth-order valence-corrected chi connectivity index (χ4v) is 1.99. The Morgan fingerprint density at radius 1 is 1.50 bits per heavy atom. The molecule has 1 saturated heterocycles. The van der Waals surface area contributed by atoms with Crippen molar-refractivity contribution in [3.63, 3.8) is 0 Å². The molecule has 0 spiro atoms. The standard InChI is InChI=1S/C11H18N4O/c1-10(8-14-5-2-13-9-14)11(16)15-6-3-12-4-7-15/h2,5,9-10,12H,3-4,6-8H2,1H3. The Hall–Kier alpha value is -1.36. The molecule has 5 heteroatoms. The van der Waals surface area contributed by atoms with Gasteiger partial charge in [-0.3, -0.25) is 4.79 Å². The van der Waals surface area contributed by atoms with Crippen LogP contribution in [0.3, 0.4) is 0 Å². The molecule has 0 aromatic carbocycles. The summed E-state index contributed by atoms with van der Waals surface area (Å²) in [4.78, 5) is 18.0. The number of hydrogen-bond acceptors (Lipinski definition) is 3. The molecule has 1 fully saturated rings. The van der Waals surface area contributed by atoms with Gasteiger partial charge in [0.25, 0.3) is 0 Å². The van der Waals surface area contributed by atoms with Crippen LogP contribution in [0.2, 0.25) is 0 Å². The predicted octanol–water partition coefficient (Wildman–Crippen LogP) is -0.0490. The molecule has 1 unspecified atom stereocenters. The van der Waals surface area contributed by atoms with E-state index in [0.29, 0.717) is 6.54 Å². The Morgan fingerprint density at radius 3 is 2.88 bits per heavy atom. The van der Waals surface area contributed by atoms with Crippen molar-refractivity contribution in [1.29, 1.82) is 0 Å². The van der Waals surface area contributed by atoms with Crippen molar-refractivity contribution < 1.29 is 4.79 Å². The predicted molar refractivity (Wildman–Crippen MR) is 60.8 cm³/mol. The van der Waals surface area contributed by atoms with E-state index >= 15 is 0 Å². The Bertz CT molecular complexity index is 330.